The molecule has 0 aliphatic rings. The van der Waals surface area contributed by atoms with Gasteiger partial charge in [-0.25, -0.2) is 10.5 Å². The number of para-hydroxylation sites is 1. The molecular weight excluding hydrogens is 272 g/mol. The number of nitrogens with one attached hydrogen (secondary N) is 1. The highest BCUT2D eigenvalue weighted by Crippen LogP contribution is 2.31. The molecule has 2 N–H and O–H groups in total. The van der Waals surface area contributed by atoms with Crippen LogP contribution in [0.15, 0.2) is 46.9 Å². The van der Waals surface area contributed by atoms with Gasteiger partial charge in [0.1, 0.15) is 11.3 Å². The van der Waals surface area contributed by atoms with Crippen molar-refractivity contribution in [3.05, 3.63) is 48.0 Å². The largest absolute Gasteiger partial charge is 0.496 e. The zero-order valence-corrected chi connectivity index (χ0v) is 11.2. The lowest BCUT2D eigenvalue weighted by atomic mass is 10.2. The Balaban J connectivity index is 2.11. The van der Waals surface area contributed by atoms with E-state index in [1.54, 1.807) is 30.8 Å². The minimum Gasteiger partial charge on any atom is -0.496 e. The van der Waals surface area contributed by atoms with E-state index in [1.165, 1.54) is 0 Å². The van der Waals surface area contributed by atoms with E-state index < -0.39 is 5.91 Å². The molecule has 0 bridgehead atoms. The predicted molar refractivity (Wildman–Crippen MR) is 75.2 cm³/mol. The number of methoxy groups -OCH3 is 1. The summed E-state index contributed by atoms with van der Waals surface area (Å²) < 4.78 is 11.0. The number of aromatic nitrogens is 1. The van der Waals surface area contributed by atoms with Gasteiger partial charge in [-0.1, -0.05) is 12.1 Å². The highest BCUT2D eigenvalue weighted by Gasteiger charge is 2.14. The fourth-order valence-electron chi connectivity index (χ4n) is 2.07. The molecule has 1 amide bonds. The lowest BCUT2D eigenvalue weighted by molar-refractivity contribution is 0.0706. The molecule has 0 saturated carbocycles. The average molecular weight is 284 g/mol. The summed E-state index contributed by atoms with van der Waals surface area (Å²) in [7, 11) is 1.57. The van der Waals surface area contributed by atoms with Gasteiger partial charge in [0.05, 0.1) is 12.7 Å². The van der Waals surface area contributed by atoms with Crippen molar-refractivity contribution < 1.29 is 19.2 Å². The van der Waals surface area contributed by atoms with Crippen LogP contribution in [0.25, 0.3) is 22.6 Å². The maximum atomic E-state index is 11.4. The van der Waals surface area contributed by atoms with E-state index in [-0.39, 0.29) is 0 Å². The smallest absolute Gasteiger partial charge is 0.274 e. The van der Waals surface area contributed by atoms with Crippen LogP contribution in [-0.4, -0.2) is 23.2 Å². The van der Waals surface area contributed by atoms with Gasteiger partial charge in [0.15, 0.2) is 5.58 Å². The number of benzene rings is 2. The minimum atomic E-state index is -0.598. The van der Waals surface area contributed by atoms with E-state index in [4.69, 9.17) is 14.4 Å². The average Bonchev–Trinajstić information content (AvgIpc) is 2.96. The molecule has 6 heteroatoms. The van der Waals surface area contributed by atoms with Crippen molar-refractivity contribution in [1.82, 2.24) is 10.5 Å². The molecule has 0 saturated heterocycles. The van der Waals surface area contributed by atoms with Crippen LogP contribution in [0.5, 0.6) is 5.75 Å². The van der Waals surface area contributed by atoms with Crippen molar-refractivity contribution in [2.45, 2.75) is 0 Å². The number of rotatable bonds is 3. The number of carbonyl (C=O) groups is 1. The Hall–Kier alpha value is -2.86. The summed E-state index contributed by atoms with van der Waals surface area (Å²) in [6.07, 6.45) is 0. The first-order valence-electron chi connectivity index (χ1n) is 6.21. The van der Waals surface area contributed by atoms with Crippen LogP contribution in [0.1, 0.15) is 10.4 Å². The summed E-state index contributed by atoms with van der Waals surface area (Å²) in [5.41, 5.74) is 3.68. The molecule has 0 atom stereocenters. The van der Waals surface area contributed by atoms with E-state index in [0.29, 0.717) is 28.3 Å². The van der Waals surface area contributed by atoms with Crippen LogP contribution in [0.3, 0.4) is 0 Å². The highest BCUT2D eigenvalue weighted by molar-refractivity contribution is 5.96. The SMILES string of the molecule is COc1ccccc1-c1nc2cc(C(=O)NO)ccc2o1. The first kappa shape index (κ1) is 13.1. The van der Waals surface area contributed by atoms with Gasteiger partial charge >= 0.3 is 0 Å². The summed E-state index contributed by atoms with van der Waals surface area (Å²) in [6, 6.07) is 12.1. The van der Waals surface area contributed by atoms with Crippen LogP contribution in [0.2, 0.25) is 0 Å². The van der Waals surface area contributed by atoms with Crippen LogP contribution < -0.4 is 10.2 Å². The van der Waals surface area contributed by atoms with Crippen LogP contribution in [0.4, 0.5) is 0 Å². The Morgan fingerprint density at radius 2 is 2.10 bits per heavy atom. The summed E-state index contributed by atoms with van der Waals surface area (Å²) in [5, 5.41) is 8.65. The second-order valence-corrected chi connectivity index (χ2v) is 4.34. The molecule has 0 fully saturated rings. The maximum absolute atomic E-state index is 11.4. The molecular formula is C15H12N2O4. The van der Waals surface area contributed by atoms with Crippen molar-refractivity contribution in [3.8, 4) is 17.2 Å². The topological polar surface area (TPSA) is 84.6 Å². The van der Waals surface area contributed by atoms with Crippen molar-refractivity contribution in [3.63, 3.8) is 0 Å². The first-order chi connectivity index (χ1) is 10.2. The minimum absolute atomic E-state index is 0.296. The summed E-state index contributed by atoms with van der Waals surface area (Å²) in [6.45, 7) is 0. The molecule has 0 spiro atoms. The number of ether oxygens (including phenoxy) is 1. The standard InChI is InChI=1S/C15H12N2O4/c1-20-12-5-3-2-4-10(12)15-16-11-8-9(14(18)17-19)6-7-13(11)21-15/h2-8,19H,1H3,(H,17,18). The third-order valence-corrected chi connectivity index (χ3v) is 3.09. The van der Waals surface area contributed by atoms with Gasteiger partial charge in [-0.15, -0.1) is 0 Å². The monoisotopic (exact) mass is 284 g/mol. The Kier molecular flexibility index (Phi) is 3.29. The number of hydroxylamine groups is 1. The normalized spacial score (nSPS) is 10.6. The second-order valence-electron chi connectivity index (χ2n) is 4.34. The quantitative estimate of drug-likeness (QED) is 0.570. The molecule has 0 unspecified atom stereocenters. The predicted octanol–water partition coefficient (Wildman–Crippen LogP) is 2.62. The van der Waals surface area contributed by atoms with E-state index in [9.17, 15) is 4.79 Å². The Morgan fingerprint density at radius 1 is 1.29 bits per heavy atom. The van der Waals surface area contributed by atoms with Crippen molar-refractivity contribution in [1.29, 1.82) is 0 Å². The van der Waals surface area contributed by atoms with Crippen LogP contribution in [-0.2, 0) is 0 Å². The number of amides is 1. The van der Waals surface area contributed by atoms with Crippen LogP contribution in [0, 0.1) is 0 Å². The molecule has 1 aromatic heterocycles. The molecule has 3 rings (SSSR count). The van der Waals surface area contributed by atoms with Gasteiger partial charge in [-0.2, -0.15) is 0 Å². The third kappa shape index (κ3) is 2.32. The zero-order valence-electron chi connectivity index (χ0n) is 11.2. The number of nitrogens with zero attached hydrogens (tertiary/aromatic N) is 1. The highest BCUT2D eigenvalue weighted by atomic mass is 16.5. The van der Waals surface area contributed by atoms with Gasteiger partial charge in [0.2, 0.25) is 5.89 Å². The second kappa shape index (κ2) is 5.26. The molecule has 106 valence electrons. The van der Waals surface area contributed by atoms with Gasteiger partial charge in [-0.05, 0) is 30.3 Å². The molecule has 1 heterocycles. The van der Waals surface area contributed by atoms with E-state index >= 15 is 0 Å². The Morgan fingerprint density at radius 3 is 2.86 bits per heavy atom. The van der Waals surface area contributed by atoms with Gasteiger partial charge in [0.25, 0.3) is 5.91 Å². The fourth-order valence-corrected chi connectivity index (χ4v) is 2.07. The van der Waals surface area contributed by atoms with Gasteiger partial charge in [0, 0.05) is 5.56 Å². The lowest BCUT2D eigenvalue weighted by Crippen LogP contribution is -2.18. The molecule has 6 nitrogen and oxygen atoms in total. The summed E-state index contributed by atoms with van der Waals surface area (Å²) >= 11 is 0. The van der Waals surface area contributed by atoms with Crippen molar-refractivity contribution in [2.75, 3.05) is 7.11 Å². The number of fused-ring (bicyclic) bond motifs is 1. The van der Waals surface area contributed by atoms with Gasteiger partial charge < -0.3 is 9.15 Å². The Bertz CT molecular complexity index is 810. The lowest BCUT2D eigenvalue weighted by Gasteiger charge is -2.03. The number of hydrogen-bond donors (Lipinski definition) is 2. The molecule has 3 aromatic rings. The van der Waals surface area contributed by atoms with Crippen molar-refractivity contribution >= 4 is 17.0 Å². The molecule has 21 heavy (non-hydrogen) atoms. The number of carbonyl (C=O) groups excluding carboxylic acids is 1. The number of hydrogen-bond acceptors (Lipinski definition) is 5. The third-order valence-electron chi connectivity index (χ3n) is 3.09. The first-order valence-corrected chi connectivity index (χ1v) is 6.21. The van der Waals surface area contributed by atoms with E-state index in [1.807, 2.05) is 24.3 Å². The van der Waals surface area contributed by atoms with E-state index in [2.05, 4.69) is 4.98 Å². The summed E-state index contributed by atoms with van der Waals surface area (Å²) in [5.74, 6) is 0.458. The molecule has 0 aliphatic carbocycles. The van der Waals surface area contributed by atoms with Crippen LogP contribution >= 0.6 is 0 Å². The fraction of sp³-hybridized carbons (Fsp3) is 0.0667. The van der Waals surface area contributed by atoms with Gasteiger partial charge in [-0.3, -0.25) is 10.0 Å². The van der Waals surface area contributed by atoms with Crippen molar-refractivity contribution in [2.24, 2.45) is 0 Å². The van der Waals surface area contributed by atoms with E-state index in [0.717, 1.165) is 5.56 Å². The molecule has 0 radical (unpaired) electrons. The zero-order chi connectivity index (χ0) is 14.8. The maximum Gasteiger partial charge on any atom is 0.274 e. The number of oxazole rings is 1. The molecule has 2 aromatic carbocycles. The molecule has 0 aliphatic heterocycles. The Labute approximate surface area is 119 Å². The summed E-state index contributed by atoms with van der Waals surface area (Å²) in [4.78, 5) is 15.8.